The molecule has 140 valence electrons. The SMILES string of the molecule is COCOC[C@H]1O[C@H](c2cn(C)c(=O)n(C)c2=O)[C@H]2OC(C)(C)O[C@H]21. The van der Waals surface area contributed by atoms with Crippen LogP contribution in [0.2, 0.25) is 0 Å². The Bertz CT molecular complexity index is 754. The van der Waals surface area contributed by atoms with Gasteiger partial charge in [-0.1, -0.05) is 0 Å². The summed E-state index contributed by atoms with van der Waals surface area (Å²) in [6.45, 7) is 4.01. The lowest BCUT2D eigenvalue weighted by Crippen LogP contribution is -2.40. The molecule has 4 atom stereocenters. The van der Waals surface area contributed by atoms with E-state index in [2.05, 4.69) is 0 Å². The van der Waals surface area contributed by atoms with E-state index >= 15 is 0 Å². The minimum atomic E-state index is -0.789. The molecule has 2 aliphatic heterocycles. The topological polar surface area (TPSA) is 90.2 Å². The molecule has 3 rings (SSSR count). The number of nitrogens with zero attached hydrogens (tertiary/aromatic N) is 2. The summed E-state index contributed by atoms with van der Waals surface area (Å²) in [6.07, 6.45) is -0.392. The Labute approximate surface area is 145 Å². The largest absolute Gasteiger partial charge is 0.362 e. The highest BCUT2D eigenvalue weighted by Crippen LogP contribution is 2.44. The van der Waals surface area contributed by atoms with E-state index in [1.54, 1.807) is 7.05 Å². The van der Waals surface area contributed by atoms with Crippen LogP contribution >= 0.6 is 0 Å². The summed E-state index contributed by atoms with van der Waals surface area (Å²) in [6, 6.07) is 0. The van der Waals surface area contributed by atoms with Crippen LogP contribution in [0.5, 0.6) is 0 Å². The van der Waals surface area contributed by atoms with Crippen molar-refractivity contribution in [2.24, 2.45) is 14.1 Å². The van der Waals surface area contributed by atoms with E-state index in [0.29, 0.717) is 5.56 Å². The lowest BCUT2D eigenvalue weighted by molar-refractivity contribution is -0.196. The molecule has 9 nitrogen and oxygen atoms in total. The van der Waals surface area contributed by atoms with Gasteiger partial charge >= 0.3 is 5.69 Å². The van der Waals surface area contributed by atoms with Gasteiger partial charge in [0, 0.05) is 27.4 Å². The van der Waals surface area contributed by atoms with Crippen molar-refractivity contribution in [3.63, 3.8) is 0 Å². The molecule has 0 bridgehead atoms. The quantitative estimate of drug-likeness (QED) is 0.527. The Morgan fingerprint density at radius 1 is 1.20 bits per heavy atom. The van der Waals surface area contributed by atoms with Crippen LogP contribution in [0.1, 0.15) is 25.5 Å². The van der Waals surface area contributed by atoms with Gasteiger partial charge in [-0.05, 0) is 13.8 Å². The molecule has 2 fully saturated rings. The predicted octanol–water partition coefficient (Wildman–Crippen LogP) is -0.335. The van der Waals surface area contributed by atoms with Crippen molar-refractivity contribution in [3.05, 3.63) is 32.6 Å². The standard InChI is InChI=1S/C16H24N2O7/c1-16(2)24-12-10(7-22-8-21-5)23-11(13(12)25-16)9-6-17(3)15(20)18(4)14(9)19/h6,10-13H,7-8H2,1-5H3/t10-,11-,12+,13-/m1/s1. The van der Waals surface area contributed by atoms with Gasteiger partial charge in [-0.2, -0.15) is 0 Å². The first-order valence-corrected chi connectivity index (χ1v) is 8.09. The molecule has 2 aliphatic rings. The Balaban J connectivity index is 1.94. The summed E-state index contributed by atoms with van der Waals surface area (Å²) in [4.78, 5) is 24.5. The first-order valence-electron chi connectivity index (χ1n) is 8.09. The van der Waals surface area contributed by atoms with E-state index in [4.69, 9.17) is 23.7 Å². The highest BCUT2D eigenvalue weighted by Gasteiger charge is 2.56. The smallest absolute Gasteiger partial charge is 0.330 e. The number of methoxy groups -OCH3 is 1. The molecule has 0 N–H and O–H groups in total. The molecule has 25 heavy (non-hydrogen) atoms. The zero-order valence-electron chi connectivity index (χ0n) is 15.1. The minimum absolute atomic E-state index is 0.133. The van der Waals surface area contributed by atoms with Crippen molar-refractivity contribution >= 4 is 0 Å². The second kappa shape index (κ2) is 6.65. The molecule has 0 spiro atoms. The normalized spacial score (nSPS) is 30.6. The monoisotopic (exact) mass is 356 g/mol. The van der Waals surface area contributed by atoms with Gasteiger partial charge < -0.3 is 28.3 Å². The van der Waals surface area contributed by atoms with Gasteiger partial charge in [0.25, 0.3) is 5.56 Å². The second-order valence-electron chi connectivity index (χ2n) is 6.78. The summed E-state index contributed by atoms with van der Waals surface area (Å²) < 4.78 is 30.6. The van der Waals surface area contributed by atoms with Crippen molar-refractivity contribution in [1.29, 1.82) is 0 Å². The van der Waals surface area contributed by atoms with Crippen LogP contribution in [0.15, 0.2) is 15.8 Å². The van der Waals surface area contributed by atoms with Gasteiger partial charge in [0.05, 0.1) is 12.2 Å². The van der Waals surface area contributed by atoms with Crippen molar-refractivity contribution in [2.75, 3.05) is 20.5 Å². The lowest BCUT2D eigenvalue weighted by Gasteiger charge is -2.24. The number of hydrogen-bond acceptors (Lipinski definition) is 7. The van der Waals surface area contributed by atoms with Gasteiger partial charge in [-0.25, -0.2) is 4.79 Å². The molecule has 1 aromatic heterocycles. The number of ether oxygens (including phenoxy) is 5. The fraction of sp³-hybridized carbons (Fsp3) is 0.750. The molecule has 0 amide bonds. The number of fused-ring (bicyclic) bond motifs is 1. The summed E-state index contributed by atoms with van der Waals surface area (Å²) in [7, 11) is 4.57. The molecule has 0 unspecified atom stereocenters. The molecular weight excluding hydrogens is 332 g/mol. The highest BCUT2D eigenvalue weighted by atomic mass is 16.8. The Kier molecular flexibility index (Phi) is 4.86. The van der Waals surface area contributed by atoms with Crippen molar-refractivity contribution in [1.82, 2.24) is 9.13 Å². The lowest BCUT2D eigenvalue weighted by atomic mass is 10.0. The fourth-order valence-corrected chi connectivity index (χ4v) is 3.35. The van der Waals surface area contributed by atoms with Gasteiger partial charge in [-0.15, -0.1) is 0 Å². The van der Waals surface area contributed by atoms with Crippen molar-refractivity contribution < 1.29 is 23.7 Å². The molecule has 0 aromatic carbocycles. The summed E-state index contributed by atoms with van der Waals surface area (Å²) >= 11 is 0. The third-order valence-corrected chi connectivity index (χ3v) is 4.41. The molecule has 0 radical (unpaired) electrons. The molecular formula is C16H24N2O7. The summed E-state index contributed by atoms with van der Waals surface area (Å²) in [5.41, 5.74) is -0.444. The van der Waals surface area contributed by atoms with E-state index in [1.165, 1.54) is 24.9 Å². The van der Waals surface area contributed by atoms with Crippen LogP contribution in [0.3, 0.4) is 0 Å². The van der Waals surface area contributed by atoms with Crippen LogP contribution in [0.25, 0.3) is 0 Å². The summed E-state index contributed by atoms with van der Waals surface area (Å²) in [5, 5.41) is 0. The maximum atomic E-state index is 12.6. The summed E-state index contributed by atoms with van der Waals surface area (Å²) in [5.74, 6) is -0.789. The molecule has 2 saturated heterocycles. The first-order chi connectivity index (χ1) is 11.7. The van der Waals surface area contributed by atoms with Crippen LogP contribution in [-0.4, -0.2) is 53.7 Å². The molecule has 0 aliphatic carbocycles. The molecule has 3 heterocycles. The molecule has 9 heteroatoms. The van der Waals surface area contributed by atoms with Crippen LogP contribution in [0, 0.1) is 0 Å². The first kappa shape index (κ1) is 18.3. The predicted molar refractivity (Wildman–Crippen MR) is 86.2 cm³/mol. The van der Waals surface area contributed by atoms with Gasteiger partial charge in [0.15, 0.2) is 5.79 Å². The maximum Gasteiger partial charge on any atom is 0.330 e. The average molecular weight is 356 g/mol. The maximum absolute atomic E-state index is 12.6. The average Bonchev–Trinajstić information content (AvgIpc) is 3.03. The van der Waals surface area contributed by atoms with Gasteiger partial charge in [0.1, 0.15) is 31.2 Å². The third-order valence-electron chi connectivity index (χ3n) is 4.41. The van der Waals surface area contributed by atoms with Crippen molar-refractivity contribution in [2.45, 2.75) is 44.1 Å². The number of aromatic nitrogens is 2. The number of rotatable bonds is 5. The van der Waals surface area contributed by atoms with Crippen molar-refractivity contribution in [3.8, 4) is 0 Å². The van der Waals surface area contributed by atoms with E-state index < -0.39 is 35.3 Å². The van der Waals surface area contributed by atoms with E-state index in [0.717, 1.165) is 4.57 Å². The number of aryl methyl sites for hydroxylation is 1. The van der Waals surface area contributed by atoms with E-state index in [1.807, 2.05) is 13.8 Å². The Hall–Kier alpha value is -1.52. The molecule has 1 aromatic rings. The van der Waals surface area contributed by atoms with E-state index in [9.17, 15) is 9.59 Å². The van der Waals surface area contributed by atoms with Crippen LogP contribution in [0.4, 0.5) is 0 Å². The Morgan fingerprint density at radius 2 is 1.88 bits per heavy atom. The zero-order chi connectivity index (χ0) is 18.4. The third kappa shape index (κ3) is 3.30. The molecule has 0 saturated carbocycles. The zero-order valence-corrected chi connectivity index (χ0v) is 15.1. The fourth-order valence-electron chi connectivity index (χ4n) is 3.35. The van der Waals surface area contributed by atoms with Crippen LogP contribution < -0.4 is 11.2 Å². The van der Waals surface area contributed by atoms with Gasteiger partial charge in [0.2, 0.25) is 0 Å². The van der Waals surface area contributed by atoms with Gasteiger partial charge in [-0.3, -0.25) is 9.36 Å². The van der Waals surface area contributed by atoms with E-state index in [-0.39, 0.29) is 19.5 Å². The van der Waals surface area contributed by atoms with Crippen LogP contribution in [-0.2, 0) is 37.8 Å². The number of hydrogen-bond donors (Lipinski definition) is 0. The minimum Gasteiger partial charge on any atom is -0.362 e. The second-order valence-corrected chi connectivity index (χ2v) is 6.78. The highest BCUT2D eigenvalue weighted by molar-refractivity contribution is 5.16. The Morgan fingerprint density at radius 3 is 2.56 bits per heavy atom.